The van der Waals surface area contributed by atoms with E-state index in [1.165, 1.54) is 17.6 Å². The van der Waals surface area contributed by atoms with E-state index in [1.807, 2.05) is 30.8 Å². The van der Waals surface area contributed by atoms with Gasteiger partial charge in [0.15, 0.2) is 5.78 Å². The Kier molecular flexibility index (Phi) is 4.35. The number of nitrogens with zero attached hydrogens (tertiary/aromatic N) is 5. The average Bonchev–Trinajstić information content (AvgIpc) is 3.30. The summed E-state index contributed by atoms with van der Waals surface area (Å²) in [5, 5.41) is 21.3. The normalized spacial score (nSPS) is 11.1. The summed E-state index contributed by atoms with van der Waals surface area (Å²) in [5.74, 6) is -0.571. The summed E-state index contributed by atoms with van der Waals surface area (Å²) in [4.78, 5) is 25.1. The molecule has 8 heteroatoms. The quantitative estimate of drug-likeness (QED) is 0.540. The van der Waals surface area contributed by atoms with Gasteiger partial charge in [-0.3, -0.25) is 14.3 Å². The van der Waals surface area contributed by atoms with E-state index in [9.17, 15) is 9.59 Å². The van der Waals surface area contributed by atoms with Gasteiger partial charge in [0.1, 0.15) is 11.8 Å². The topological polar surface area (TPSA) is 105 Å². The maximum absolute atomic E-state index is 12.9. The third-order valence-electron chi connectivity index (χ3n) is 4.68. The molecular weight excluding hydrogens is 368 g/mol. The number of ketones is 1. The van der Waals surface area contributed by atoms with Crippen LogP contribution in [0.25, 0.3) is 16.4 Å². The maximum Gasteiger partial charge on any atom is 0.274 e. The molecule has 1 N–H and O–H groups in total. The maximum atomic E-state index is 12.9. The molecule has 4 rings (SSSR count). The molecule has 0 aliphatic carbocycles. The molecule has 4 aromatic rings. The first-order valence-corrected chi connectivity index (χ1v) is 9.10. The molecule has 29 heavy (non-hydrogen) atoms. The van der Waals surface area contributed by atoms with Gasteiger partial charge in [0, 0.05) is 23.2 Å². The van der Waals surface area contributed by atoms with E-state index in [0.29, 0.717) is 33.5 Å². The number of fused-ring (bicyclic) bond motifs is 2. The number of anilines is 1. The highest BCUT2D eigenvalue weighted by Gasteiger charge is 2.18. The zero-order chi connectivity index (χ0) is 20.7. The third-order valence-corrected chi connectivity index (χ3v) is 4.68. The summed E-state index contributed by atoms with van der Waals surface area (Å²) in [6, 6.07) is 10.6. The van der Waals surface area contributed by atoms with Crippen LogP contribution in [0.3, 0.4) is 0 Å². The van der Waals surface area contributed by atoms with Crippen LogP contribution in [0.2, 0.25) is 0 Å². The second-order valence-corrected chi connectivity index (χ2v) is 7.08. The number of amides is 1. The van der Waals surface area contributed by atoms with Crippen LogP contribution in [-0.2, 0) is 0 Å². The van der Waals surface area contributed by atoms with Crippen LogP contribution >= 0.6 is 0 Å². The van der Waals surface area contributed by atoms with Gasteiger partial charge in [-0.05, 0) is 51.1 Å². The SMILES string of the molecule is CC(=O)c1cc2nn(C(C)C)cc2cc1NC(=O)c1ccc2cc(C#N)cnn12. The molecule has 0 bridgehead atoms. The van der Waals surface area contributed by atoms with Gasteiger partial charge in [-0.25, -0.2) is 4.52 Å². The van der Waals surface area contributed by atoms with Crippen molar-refractivity contribution in [2.24, 2.45) is 0 Å². The fraction of sp³-hybridized carbons (Fsp3) is 0.190. The van der Waals surface area contributed by atoms with Crippen LogP contribution in [0.5, 0.6) is 0 Å². The first-order valence-electron chi connectivity index (χ1n) is 9.10. The number of rotatable bonds is 4. The molecule has 0 spiro atoms. The molecule has 0 saturated heterocycles. The Bertz CT molecular complexity index is 1320. The Morgan fingerprint density at radius 2 is 2.00 bits per heavy atom. The highest BCUT2D eigenvalue weighted by molar-refractivity contribution is 6.10. The number of benzene rings is 1. The zero-order valence-electron chi connectivity index (χ0n) is 16.2. The van der Waals surface area contributed by atoms with Crippen molar-refractivity contribution in [3.8, 4) is 6.07 Å². The van der Waals surface area contributed by atoms with E-state index in [-0.39, 0.29) is 11.8 Å². The molecule has 0 unspecified atom stereocenters. The minimum Gasteiger partial charge on any atom is -0.320 e. The lowest BCUT2D eigenvalue weighted by atomic mass is 10.1. The van der Waals surface area contributed by atoms with Crippen molar-refractivity contribution in [1.82, 2.24) is 19.4 Å². The Hall–Kier alpha value is -3.99. The molecule has 3 heterocycles. The van der Waals surface area contributed by atoms with Crippen LogP contribution < -0.4 is 5.32 Å². The highest BCUT2D eigenvalue weighted by Crippen LogP contribution is 2.26. The average molecular weight is 386 g/mol. The molecule has 0 fully saturated rings. The zero-order valence-corrected chi connectivity index (χ0v) is 16.2. The Labute approximate surface area is 166 Å². The molecule has 0 radical (unpaired) electrons. The lowest BCUT2D eigenvalue weighted by Crippen LogP contribution is -2.17. The number of hydrogen-bond donors (Lipinski definition) is 1. The summed E-state index contributed by atoms with van der Waals surface area (Å²) < 4.78 is 3.27. The largest absolute Gasteiger partial charge is 0.320 e. The Morgan fingerprint density at radius 1 is 1.21 bits per heavy atom. The van der Waals surface area contributed by atoms with Gasteiger partial charge >= 0.3 is 0 Å². The van der Waals surface area contributed by atoms with Gasteiger partial charge in [0.2, 0.25) is 0 Å². The molecule has 1 aromatic carbocycles. The van der Waals surface area contributed by atoms with Gasteiger partial charge in [-0.2, -0.15) is 15.5 Å². The molecule has 144 valence electrons. The van der Waals surface area contributed by atoms with Crippen LogP contribution in [0, 0.1) is 11.3 Å². The summed E-state index contributed by atoms with van der Waals surface area (Å²) in [6.45, 7) is 5.49. The Balaban J connectivity index is 1.75. The van der Waals surface area contributed by atoms with Crippen molar-refractivity contribution in [2.75, 3.05) is 5.32 Å². The van der Waals surface area contributed by atoms with Crippen molar-refractivity contribution < 1.29 is 9.59 Å². The lowest BCUT2D eigenvalue weighted by Gasteiger charge is -2.09. The van der Waals surface area contributed by atoms with E-state index in [2.05, 4.69) is 15.5 Å². The van der Waals surface area contributed by atoms with Gasteiger partial charge < -0.3 is 5.32 Å². The first-order chi connectivity index (χ1) is 13.9. The Morgan fingerprint density at radius 3 is 2.69 bits per heavy atom. The van der Waals surface area contributed by atoms with Crippen molar-refractivity contribution in [3.05, 3.63) is 59.5 Å². The van der Waals surface area contributed by atoms with Crippen molar-refractivity contribution in [1.29, 1.82) is 5.26 Å². The number of carbonyl (C=O) groups is 2. The standard InChI is InChI=1S/C21H18N6O2/c1-12(2)26-11-15-7-19(17(13(3)28)8-18(15)25-26)24-21(29)20-5-4-16-6-14(9-22)10-23-27(16)20/h4-8,10-12H,1-3H3,(H,24,29). The number of hydrogen-bond acceptors (Lipinski definition) is 5. The van der Waals surface area contributed by atoms with Crippen LogP contribution in [0.1, 0.15) is 53.2 Å². The second-order valence-electron chi connectivity index (χ2n) is 7.08. The fourth-order valence-electron chi connectivity index (χ4n) is 3.17. The predicted octanol–water partition coefficient (Wildman–Crippen LogP) is 3.59. The molecule has 0 aliphatic rings. The number of aromatic nitrogens is 4. The van der Waals surface area contributed by atoms with Gasteiger partial charge in [0.05, 0.1) is 28.5 Å². The number of Topliss-reactive ketones (excluding diaryl/α,β-unsaturated/α-hetero) is 1. The molecule has 0 aliphatic heterocycles. The number of nitrogens with one attached hydrogen (secondary N) is 1. The van der Waals surface area contributed by atoms with Gasteiger partial charge in [-0.15, -0.1) is 0 Å². The summed E-state index contributed by atoms with van der Waals surface area (Å²) >= 11 is 0. The van der Waals surface area contributed by atoms with Crippen molar-refractivity contribution in [3.63, 3.8) is 0 Å². The fourth-order valence-corrected chi connectivity index (χ4v) is 3.17. The third kappa shape index (κ3) is 3.23. The van der Waals surface area contributed by atoms with Crippen LogP contribution in [0.15, 0.2) is 42.7 Å². The molecular formula is C21H18N6O2. The van der Waals surface area contributed by atoms with E-state index >= 15 is 0 Å². The second kappa shape index (κ2) is 6.87. The summed E-state index contributed by atoms with van der Waals surface area (Å²) in [5.41, 5.74) is 2.85. The monoisotopic (exact) mass is 386 g/mol. The summed E-state index contributed by atoms with van der Waals surface area (Å²) in [6.07, 6.45) is 3.29. The van der Waals surface area contributed by atoms with E-state index in [0.717, 1.165) is 5.39 Å². The van der Waals surface area contributed by atoms with Crippen molar-refractivity contribution in [2.45, 2.75) is 26.8 Å². The van der Waals surface area contributed by atoms with Crippen molar-refractivity contribution >= 4 is 33.8 Å². The first kappa shape index (κ1) is 18.4. The number of nitriles is 1. The van der Waals surface area contributed by atoms with Gasteiger partial charge in [0.25, 0.3) is 5.91 Å². The lowest BCUT2D eigenvalue weighted by molar-refractivity contribution is 0.101. The molecule has 8 nitrogen and oxygen atoms in total. The molecule has 1 amide bonds. The minimum absolute atomic E-state index is 0.168. The van der Waals surface area contributed by atoms with Gasteiger partial charge in [-0.1, -0.05) is 0 Å². The van der Waals surface area contributed by atoms with E-state index in [1.54, 1.807) is 30.3 Å². The molecule has 3 aromatic heterocycles. The predicted molar refractivity (Wildman–Crippen MR) is 108 cm³/mol. The van der Waals surface area contributed by atoms with E-state index < -0.39 is 5.91 Å². The minimum atomic E-state index is -0.402. The molecule has 0 atom stereocenters. The summed E-state index contributed by atoms with van der Waals surface area (Å²) in [7, 11) is 0. The van der Waals surface area contributed by atoms with Crippen LogP contribution in [0.4, 0.5) is 5.69 Å². The van der Waals surface area contributed by atoms with E-state index in [4.69, 9.17) is 5.26 Å². The molecule has 0 saturated carbocycles. The number of carbonyl (C=O) groups excluding carboxylic acids is 2. The van der Waals surface area contributed by atoms with Crippen LogP contribution in [-0.4, -0.2) is 31.1 Å². The highest BCUT2D eigenvalue weighted by atomic mass is 16.2. The smallest absolute Gasteiger partial charge is 0.274 e.